The summed E-state index contributed by atoms with van der Waals surface area (Å²) in [5, 5.41) is 3.26. The number of carbonyl (C=O) groups is 1. The Bertz CT molecular complexity index is 1020. The van der Waals surface area contributed by atoms with E-state index in [0.29, 0.717) is 30.2 Å². The van der Waals surface area contributed by atoms with Gasteiger partial charge in [-0.15, -0.1) is 11.3 Å². The summed E-state index contributed by atoms with van der Waals surface area (Å²) in [7, 11) is 1.62. The maximum absolute atomic E-state index is 13.2. The van der Waals surface area contributed by atoms with Crippen molar-refractivity contribution < 1.29 is 9.53 Å². The Hall–Kier alpha value is -2.42. The molecule has 2 aromatic heterocycles. The molecule has 0 aliphatic carbocycles. The maximum atomic E-state index is 13.2. The second kappa shape index (κ2) is 9.59. The first-order valence-electron chi connectivity index (χ1n) is 9.75. The number of nitrogens with zero attached hydrogens (tertiary/aromatic N) is 3. The van der Waals surface area contributed by atoms with E-state index in [-0.39, 0.29) is 5.91 Å². The molecule has 8 heteroatoms. The van der Waals surface area contributed by atoms with Gasteiger partial charge in [0, 0.05) is 43.8 Å². The fourth-order valence-electron chi connectivity index (χ4n) is 3.49. The number of hydrogen-bond acceptors (Lipinski definition) is 6. The van der Waals surface area contributed by atoms with Crippen LogP contribution in [0.5, 0.6) is 5.75 Å². The van der Waals surface area contributed by atoms with Crippen molar-refractivity contribution >= 4 is 44.7 Å². The highest BCUT2D eigenvalue weighted by Gasteiger charge is 2.24. The molecule has 1 saturated heterocycles. The van der Waals surface area contributed by atoms with Gasteiger partial charge in [-0.05, 0) is 52.3 Å². The molecule has 0 unspecified atom stereocenters. The number of benzene rings is 1. The van der Waals surface area contributed by atoms with Crippen LogP contribution in [0.25, 0.3) is 0 Å². The highest BCUT2D eigenvalue weighted by Crippen LogP contribution is 2.28. The minimum absolute atomic E-state index is 0.000911. The molecule has 1 N–H and O–H groups in total. The van der Waals surface area contributed by atoms with Crippen molar-refractivity contribution in [1.29, 1.82) is 0 Å². The Morgan fingerprint density at radius 1 is 1.13 bits per heavy atom. The summed E-state index contributed by atoms with van der Waals surface area (Å²) in [5.74, 6) is 1.24. The zero-order valence-electron chi connectivity index (χ0n) is 16.7. The monoisotopic (exact) mass is 486 g/mol. The number of rotatable bonds is 6. The van der Waals surface area contributed by atoms with Crippen LogP contribution >= 0.6 is 27.3 Å². The molecule has 0 saturated carbocycles. The highest BCUT2D eigenvalue weighted by molar-refractivity contribution is 9.11. The fraction of sp³-hybridized carbons (Fsp3) is 0.273. The number of para-hydroxylation sites is 2. The number of halogens is 1. The molecule has 30 heavy (non-hydrogen) atoms. The number of pyridine rings is 1. The first-order valence-corrected chi connectivity index (χ1v) is 11.4. The third-order valence-electron chi connectivity index (χ3n) is 5.07. The second-order valence-corrected chi connectivity index (χ2v) is 9.55. The van der Waals surface area contributed by atoms with Crippen LogP contribution in [0.2, 0.25) is 0 Å². The molecule has 6 nitrogen and oxygen atoms in total. The SMILES string of the molecule is COc1ccccc1Nc1ncccc1C(=O)N1CCN(Cc2ccc(Br)s2)CC1. The largest absolute Gasteiger partial charge is 0.495 e. The summed E-state index contributed by atoms with van der Waals surface area (Å²) < 4.78 is 6.55. The van der Waals surface area contributed by atoms with Crippen LogP contribution in [0.3, 0.4) is 0 Å². The molecule has 4 rings (SSSR count). The van der Waals surface area contributed by atoms with Gasteiger partial charge in [-0.1, -0.05) is 12.1 Å². The van der Waals surface area contributed by atoms with Crippen molar-refractivity contribution in [2.45, 2.75) is 6.54 Å². The fourth-order valence-corrected chi connectivity index (χ4v) is 5.02. The van der Waals surface area contributed by atoms with Crippen molar-refractivity contribution in [3.8, 4) is 5.75 Å². The summed E-state index contributed by atoms with van der Waals surface area (Å²) in [5.41, 5.74) is 1.35. The normalized spacial score (nSPS) is 14.5. The number of anilines is 2. The number of ether oxygens (including phenoxy) is 1. The quantitative estimate of drug-likeness (QED) is 0.550. The summed E-state index contributed by atoms with van der Waals surface area (Å²) in [6.45, 7) is 4.04. The van der Waals surface area contributed by atoms with Gasteiger partial charge in [-0.3, -0.25) is 9.69 Å². The van der Waals surface area contributed by atoms with Gasteiger partial charge in [-0.2, -0.15) is 0 Å². The Morgan fingerprint density at radius 3 is 2.67 bits per heavy atom. The van der Waals surface area contributed by atoms with Gasteiger partial charge < -0.3 is 15.0 Å². The van der Waals surface area contributed by atoms with Gasteiger partial charge in [0.1, 0.15) is 11.6 Å². The van der Waals surface area contributed by atoms with Crippen LogP contribution in [0.1, 0.15) is 15.2 Å². The van der Waals surface area contributed by atoms with Crippen molar-refractivity contribution in [3.05, 3.63) is 69.0 Å². The minimum atomic E-state index is -0.000911. The molecule has 1 aliphatic heterocycles. The number of hydrogen-bond donors (Lipinski definition) is 1. The van der Waals surface area contributed by atoms with E-state index in [0.717, 1.165) is 29.1 Å². The van der Waals surface area contributed by atoms with E-state index in [1.54, 1.807) is 30.7 Å². The number of aromatic nitrogens is 1. The maximum Gasteiger partial charge on any atom is 0.257 e. The third kappa shape index (κ3) is 4.83. The summed E-state index contributed by atoms with van der Waals surface area (Å²) in [6.07, 6.45) is 1.69. The first kappa shape index (κ1) is 20.8. The van der Waals surface area contributed by atoms with Crippen molar-refractivity contribution in [2.75, 3.05) is 38.6 Å². The molecule has 0 bridgehead atoms. The van der Waals surface area contributed by atoms with E-state index in [4.69, 9.17) is 4.74 Å². The molecule has 1 aliphatic rings. The predicted molar refractivity (Wildman–Crippen MR) is 124 cm³/mol. The molecule has 3 aromatic rings. The van der Waals surface area contributed by atoms with E-state index in [9.17, 15) is 4.79 Å². The Balaban J connectivity index is 1.43. The van der Waals surface area contributed by atoms with Crippen molar-refractivity contribution in [1.82, 2.24) is 14.8 Å². The van der Waals surface area contributed by atoms with Crippen LogP contribution in [0, 0.1) is 0 Å². The molecule has 0 radical (unpaired) electrons. The predicted octanol–water partition coefficient (Wildman–Crippen LogP) is 4.62. The number of piperazine rings is 1. The number of nitrogens with one attached hydrogen (secondary N) is 1. The average Bonchev–Trinajstić information content (AvgIpc) is 3.19. The first-order chi connectivity index (χ1) is 14.6. The molecule has 0 spiro atoms. The van der Waals surface area contributed by atoms with Crippen LogP contribution in [0.15, 0.2) is 58.5 Å². The minimum Gasteiger partial charge on any atom is -0.495 e. The zero-order chi connectivity index (χ0) is 20.9. The molecule has 1 fully saturated rings. The second-order valence-electron chi connectivity index (χ2n) is 7.00. The molecular formula is C22H23BrN4O2S. The van der Waals surface area contributed by atoms with Gasteiger partial charge in [0.05, 0.1) is 22.1 Å². The molecule has 1 aromatic carbocycles. The summed E-state index contributed by atoms with van der Waals surface area (Å²) in [6, 6.07) is 15.5. The Kier molecular flexibility index (Phi) is 6.66. The lowest BCUT2D eigenvalue weighted by atomic mass is 10.2. The standard InChI is InChI=1S/C22H23BrN4O2S/c1-29-19-7-3-2-6-18(19)25-21-17(5-4-10-24-21)22(28)27-13-11-26(12-14-27)15-16-8-9-20(23)30-16/h2-10H,11-15H2,1H3,(H,24,25). The van der Waals surface area contributed by atoms with Gasteiger partial charge in [0.25, 0.3) is 5.91 Å². The van der Waals surface area contributed by atoms with Crippen molar-refractivity contribution in [3.63, 3.8) is 0 Å². The van der Waals surface area contributed by atoms with E-state index >= 15 is 0 Å². The zero-order valence-corrected chi connectivity index (χ0v) is 19.1. The van der Waals surface area contributed by atoms with Gasteiger partial charge >= 0.3 is 0 Å². The molecule has 1 amide bonds. The van der Waals surface area contributed by atoms with E-state index in [1.165, 1.54) is 4.88 Å². The van der Waals surface area contributed by atoms with Gasteiger partial charge in [0.2, 0.25) is 0 Å². The summed E-state index contributed by atoms with van der Waals surface area (Å²) in [4.78, 5) is 23.3. The van der Waals surface area contributed by atoms with E-state index < -0.39 is 0 Å². The van der Waals surface area contributed by atoms with Crippen LogP contribution in [-0.2, 0) is 6.54 Å². The van der Waals surface area contributed by atoms with E-state index in [2.05, 4.69) is 43.3 Å². The van der Waals surface area contributed by atoms with Gasteiger partial charge in [0.15, 0.2) is 0 Å². The molecule has 156 valence electrons. The lowest BCUT2D eigenvalue weighted by Gasteiger charge is -2.34. The number of carbonyl (C=O) groups excluding carboxylic acids is 1. The molecular weight excluding hydrogens is 464 g/mol. The van der Waals surface area contributed by atoms with E-state index in [1.807, 2.05) is 35.2 Å². The van der Waals surface area contributed by atoms with Gasteiger partial charge in [-0.25, -0.2) is 4.98 Å². The topological polar surface area (TPSA) is 57.7 Å². The average molecular weight is 487 g/mol. The Morgan fingerprint density at radius 2 is 1.93 bits per heavy atom. The van der Waals surface area contributed by atoms with Crippen molar-refractivity contribution in [2.24, 2.45) is 0 Å². The number of methoxy groups -OCH3 is 1. The number of thiophene rings is 1. The smallest absolute Gasteiger partial charge is 0.257 e. The number of amides is 1. The highest BCUT2D eigenvalue weighted by atomic mass is 79.9. The molecule has 3 heterocycles. The summed E-state index contributed by atoms with van der Waals surface area (Å²) >= 11 is 5.28. The van der Waals surface area contributed by atoms with Crippen LogP contribution in [-0.4, -0.2) is 54.0 Å². The third-order valence-corrected chi connectivity index (χ3v) is 6.67. The lowest BCUT2D eigenvalue weighted by molar-refractivity contribution is 0.0630. The Labute approximate surface area is 188 Å². The van der Waals surface area contributed by atoms with Crippen LogP contribution in [0.4, 0.5) is 11.5 Å². The lowest BCUT2D eigenvalue weighted by Crippen LogP contribution is -2.48. The molecule has 0 atom stereocenters. The van der Waals surface area contributed by atoms with Crippen LogP contribution < -0.4 is 10.1 Å².